The van der Waals surface area contributed by atoms with Gasteiger partial charge in [0.05, 0.1) is 13.5 Å². The third kappa shape index (κ3) is 4.14. The summed E-state index contributed by atoms with van der Waals surface area (Å²) in [4.78, 5) is 28.6. The number of benzene rings is 1. The zero-order chi connectivity index (χ0) is 18.0. The number of piperazine rings is 1. The first kappa shape index (κ1) is 17.8. The van der Waals surface area contributed by atoms with Crippen molar-refractivity contribution in [2.75, 3.05) is 33.3 Å². The summed E-state index contributed by atoms with van der Waals surface area (Å²) in [5, 5.41) is 0. The first-order chi connectivity index (χ1) is 12.0. The summed E-state index contributed by atoms with van der Waals surface area (Å²) in [7, 11) is 1.64. The average molecular weight is 344 g/mol. The van der Waals surface area contributed by atoms with Crippen LogP contribution in [0.1, 0.15) is 43.7 Å². The second kappa shape index (κ2) is 7.46. The van der Waals surface area contributed by atoms with Crippen molar-refractivity contribution in [1.29, 1.82) is 0 Å². The topological polar surface area (TPSA) is 49.9 Å². The Morgan fingerprint density at radius 2 is 1.76 bits per heavy atom. The van der Waals surface area contributed by atoms with Crippen LogP contribution < -0.4 is 4.74 Å². The van der Waals surface area contributed by atoms with Gasteiger partial charge in [0.2, 0.25) is 11.8 Å². The summed E-state index contributed by atoms with van der Waals surface area (Å²) < 4.78 is 5.43. The van der Waals surface area contributed by atoms with Crippen molar-refractivity contribution in [3.8, 4) is 5.75 Å². The van der Waals surface area contributed by atoms with E-state index in [0.717, 1.165) is 24.2 Å². The minimum absolute atomic E-state index is 0.109. The van der Waals surface area contributed by atoms with Gasteiger partial charge in [0.1, 0.15) is 5.75 Å². The molecular weight excluding hydrogens is 316 g/mol. The monoisotopic (exact) mass is 344 g/mol. The van der Waals surface area contributed by atoms with Crippen molar-refractivity contribution >= 4 is 11.8 Å². The minimum atomic E-state index is 0.109. The fourth-order valence-corrected chi connectivity index (χ4v) is 3.34. The summed E-state index contributed by atoms with van der Waals surface area (Å²) in [6.07, 6.45) is 2.41. The maximum absolute atomic E-state index is 12.7. The average Bonchev–Trinajstić information content (AvgIpc) is 3.46. The van der Waals surface area contributed by atoms with Gasteiger partial charge < -0.3 is 14.5 Å². The summed E-state index contributed by atoms with van der Waals surface area (Å²) in [6, 6.07) is 6.08. The molecule has 2 fully saturated rings. The first-order valence-corrected chi connectivity index (χ1v) is 9.23. The lowest BCUT2D eigenvalue weighted by molar-refractivity contribution is -0.140. The molecule has 0 N–H and O–H groups in total. The van der Waals surface area contributed by atoms with Crippen LogP contribution in [0.4, 0.5) is 0 Å². The Kier molecular flexibility index (Phi) is 5.30. The van der Waals surface area contributed by atoms with Gasteiger partial charge >= 0.3 is 0 Å². The van der Waals surface area contributed by atoms with Crippen molar-refractivity contribution in [2.45, 2.75) is 39.0 Å². The second-order valence-corrected chi connectivity index (χ2v) is 7.38. The normalized spacial score (nSPS) is 17.8. The van der Waals surface area contributed by atoms with Crippen LogP contribution in [0.3, 0.4) is 0 Å². The highest BCUT2D eigenvalue weighted by Gasteiger charge is 2.35. The van der Waals surface area contributed by atoms with E-state index in [2.05, 4.69) is 26.0 Å². The van der Waals surface area contributed by atoms with E-state index in [1.807, 2.05) is 15.9 Å². The molecule has 1 aromatic rings. The fraction of sp³-hybridized carbons (Fsp3) is 0.600. The van der Waals surface area contributed by atoms with Gasteiger partial charge in [-0.05, 0) is 30.4 Å². The van der Waals surface area contributed by atoms with Crippen molar-refractivity contribution in [3.05, 3.63) is 29.3 Å². The SMILES string of the molecule is COc1ccc(C(C)C)cc1CC(=O)N1CCN(C(=O)C2CC2)CC1. The molecule has 0 radical (unpaired) electrons. The summed E-state index contributed by atoms with van der Waals surface area (Å²) in [5.74, 6) is 1.82. The van der Waals surface area contributed by atoms with E-state index in [0.29, 0.717) is 38.5 Å². The first-order valence-electron chi connectivity index (χ1n) is 9.23. The van der Waals surface area contributed by atoms with Gasteiger partial charge in [0.15, 0.2) is 0 Å². The molecule has 1 saturated heterocycles. The maximum Gasteiger partial charge on any atom is 0.227 e. The number of methoxy groups -OCH3 is 1. The van der Waals surface area contributed by atoms with Gasteiger partial charge in [-0.3, -0.25) is 9.59 Å². The van der Waals surface area contributed by atoms with Crippen LogP contribution in [-0.4, -0.2) is 54.9 Å². The van der Waals surface area contributed by atoms with E-state index in [4.69, 9.17) is 4.74 Å². The molecule has 1 aliphatic heterocycles. The summed E-state index contributed by atoms with van der Waals surface area (Å²) in [5.41, 5.74) is 2.15. The van der Waals surface area contributed by atoms with Gasteiger partial charge in [-0.1, -0.05) is 26.0 Å². The molecule has 25 heavy (non-hydrogen) atoms. The highest BCUT2D eigenvalue weighted by Crippen LogP contribution is 2.31. The lowest BCUT2D eigenvalue weighted by Crippen LogP contribution is -2.51. The lowest BCUT2D eigenvalue weighted by Gasteiger charge is -2.35. The van der Waals surface area contributed by atoms with E-state index in [9.17, 15) is 9.59 Å². The summed E-state index contributed by atoms with van der Waals surface area (Å²) in [6.45, 7) is 6.86. The molecule has 1 aromatic carbocycles. The van der Waals surface area contributed by atoms with Crippen molar-refractivity contribution in [1.82, 2.24) is 9.80 Å². The number of hydrogen-bond acceptors (Lipinski definition) is 3. The highest BCUT2D eigenvalue weighted by molar-refractivity contribution is 5.82. The van der Waals surface area contributed by atoms with Crippen LogP contribution >= 0.6 is 0 Å². The molecule has 136 valence electrons. The maximum atomic E-state index is 12.7. The number of hydrogen-bond donors (Lipinski definition) is 0. The quantitative estimate of drug-likeness (QED) is 0.824. The Hall–Kier alpha value is -2.04. The highest BCUT2D eigenvalue weighted by atomic mass is 16.5. The number of amides is 2. The van der Waals surface area contributed by atoms with E-state index < -0.39 is 0 Å². The van der Waals surface area contributed by atoms with Gasteiger partial charge in [0, 0.05) is 37.7 Å². The second-order valence-electron chi connectivity index (χ2n) is 7.38. The molecule has 1 aliphatic carbocycles. The van der Waals surface area contributed by atoms with E-state index in [-0.39, 0.29) is 17.7 Å². The zero-order valence-electron chi connectivity index (χ0n) is 15.5. The third-order valence-electron chi connectivity index (χ3n) is 5.18. The molecule has 0 spiro atoms. The Labute approximate surface area is 149 Å². The standard InChI is InChI=1S/C20H28N2O3/c1-14(2)16-6-7-18(25-3)17(12-16)13-19(23)21-8-10-22(11-9-21)20(24)15-4-5-15/h6-7,12,14-15H,4-5,8-11,13H2,1-3H3. The Morgan fingerprint density at radius 1 is 1.12 bits per heavy atom. The molecule has 0 bridgehead atoms. The molecule has 0 unspecified atom stereocenters. The Bertz CT molecular complexity index is 644. The van der Waals surface area contributed by atoms with Gasteiger partial charge in [-0.15, -0.1) is 0 Å². The smallest absolute Gasteiger partial charge is 0.227 e. The number of rotatable bonds is 5. The van der Waals surface area contributed by atoms with Gasteiger partial charge in [0.25, 0.3) is 0 Å². The Balaban J connectivity index is 1.61. The van der Waals surface area contributed by atoms with Gasteiger partial charge in [-0.2, -0.15) is 0 Å². The van der Waals surface area contributed by atoms with Crippen LogP contribution in [-0.2, 0) is 16.0 Å². The molecule has 1 saturated carbocycles. The van der Waals surface area contributed by atoms with E-state index >= 15 is 0 Å². The fourth-order valence-electron chi connectivity index (χ4n) is 3.34. The lowest BCUT2D eigenvalue weighted by atomic mass is 9.98. The summed E-state index contributed by atoms with van der Waals surface area (Å²) >= 11 is 0. The minimum Gasteiger partial charge on any atom is -0.496 e. The largest absolute Gasteiger partial charge is 0.496 e. The molecule has 5 heteroatoms. The van der Waals surface area contributed by atoms with Crippen LogP contribution in [0.2, 0.25) is 0 Å². The molecule has 1 heterocycles. The number of nitrogens with zero attached hydrogens (tertiary/aromatic N) is 2. The molecule has 2 aliphatic rings. The molecular formula is C20H28N2O3. The Morgan fingerprint density at radius 3 is 2.32 bits per heavy atom. The predicted octanol–water partition coefficient (Wildman–Crippen LogP) is 2.44. The van der Waals surface area contributed by atoms with Gasteiger partial charge in [-0.25, -0.2) is 0 Å². The molecule has 3 rings (SSSR count). The van der Waals surface area contributed by atoms with Crippen molar-refractivity contribution in [3.63, 3.8) is 0 Å². The molecule has 5 nitrogen and oxygen atoms in total. The van der Waals surface area contributed by atoms with Crippen molar-refractivity contribution in [2.24, 2.45) is 5.92 Å². The van der Waals surface area contributed by atoms with Crippen molar-refractivity contribution < 1.29 is 14.3 Å². The third-order valence-corrected chi connectivity index (χ3v) is 5.18. The van der Waals surface area contributed by atoms with Crippen LogP contribution in [0.5, 0.6) is 5.75 Å². The zero-order valence-corrected chi connectivity index (χ0v) is 15.5. The number of ether oxygens (including phenoxy) is 1. The van der Waals surface area contributed by atoms with Crippen LogP contribution in [0.15, 0.2) is 18.2 Å². The van der Waals surface area contributed by atoms with Crippen LogP contribution in [0, 0.1) is 5.92 Å². The van der Waals surface area contributed by atoms with E-state index in [1.165, 1.54) is 5.56 Å². The number of carbonyl (C=O) groups excluding carboxylic acids is 2. The van der Waals surface area contributed by atoms with Crippen LogP contribution in [0.25, 0.3) is 0 Å². The predicted molar refractivity (Wildman–Crippen MR) is 96.7 cm³/mol. The molecule has 0 atom stereocenters. The number of carbonyl (C=O) groups is 2. The van der Waals surface area contributed by atoms with E-state index in [1.54, 1.807) is 7.11 Å². The molecule has 0 aromatic heterocycles. The molecule has 2 amide bonds.